The van der Waals surface area contributed by atoms with Crippen molar-refractivity contribution in [2.24, 2.45) is 5.73 Å². The van der Waals surface area contributed by atoms with Crippen molar-refractivity contribution < 1.29 is 14.8 Å². The van der Waals surface area contributed by atoms with E-state index in [0.717, 1.165) is 0 Å². The van der Waals surface area contributed by atoms with Gasteiger partial charge in [0.25, 0.3) is 11.2 Å². The standard InChI is InChI=1S/C18H23N5O5/c1-2-14(19)17(25)21-7-5-18(26,6-8-21)10-22-11-20-15-9-12(23(27)28)3-4-13(15)16(22)24/h3-4,9,11,14,26H,2,5-8,10,19H2,1H3/t14-/m0/s1. The smallest absolute Gasteiger partial charge is 0.271 e. The second kappa shape index (κ2) is 7.64. The monoisotopic (exact) mass is 389 g/mol. The molecule has 1 aromatic carbocycles. The van der Waals surface area contributed by atoms with Gasteiger partial charge in [-0.1, -0.05) is 6.92 Å². The lowest BCUT2D eigenvalue weighted by Gasteiger charge is -2.39. The first-order valence-corrected chi connectivity index (χ1v) is 9.14. The van der Waals surface area contributed by atoms with Gasteiger partial charge < -0.3 is 15.7 Å². The average Bonchev–Trinajstić information content (AvgIpc) is 2.69. The summed E-state index contributed by atoms with van der Waals surface area (Å²) in [7, 11) is 0. The lowest BCUT2D eigenvalue weighted by Crippen LogP contribution is -2.53. The minimum Gasteiger partial charge on any atom is -0.388 e. The van der Waals surface area contributed by atoms with Crippen molar-refractivity contribution >= 4 is 22.5 Å². The van der Waals surface area contributed by atoms with Gasteiger partial charge in [-0.3, -0.25) is 24.3 Å². The van der Waals surface area contributed by atoms with Crippen LogP contribution < -0.4 is 11.3 Å². The molecule has 3 rings (SSSR count). The second-order valence-corrected chi connectivity index (χ2v) is 7.20. The number of carbonyl (C=O) groups excluding carboxylic acids is 1. The van der Waals surface area contributed by atoms with Gasteiger partial charge >= 0.3 is 0 Å². The van der Waals surface area contributed by atoms with E-state index in [2.05, 4.69) is 4.98 Å². The number of benzene rings is 1. The summed E-state index contributed by atoms with van der Waals surface area (Å²) in [5.74, 6) is -0.129. The highest BCUT2D eigenvalue weighted by Crippen LogP contribution is 2.25. The van der Waals surface area contributed by atoms with Gasteiger partial charge in [-0.05, 0) is 25.3 Å². The van der Waals surface area contributed by atoms with Crippen molar-refractivity contribution in [2.45, 2.75) is 44.4 Å². The number of piperidine rings is 1. The maximum atomic E-state index is 12.7. The van der Waals surface area contributed by atoms with Gasteiger partial charge in [0.05, 0.1) is 40.3 Å². The van der Waals surface area contributed by atoms with Gasteiger partial charge in [0.15, 0.2) is 0 Å². The van der Waals surface area contributed by atoms with Crippen LogP contribution in [-0.4, -0.2) is 55.1 Å². The number of aromatic nitrogens is 2. The van der Waals surface area contributed by atoms with Crippen LogP contribution in [0.25, 0.3) is 10.9 Å². The van der Waals surface area contributed by atoms with Crippen LogP contribution in [-0.2, 0) is 11.3 Å². The number of carbonyl (C=O) groups is 1. The van der Waals surface area contributed by atoms with Crippen molar-refractivity contribution in [3.05, 3.63) is 45.0 Å². The molecule has 0 spiro atoms. The number of non-ortho nitro benzene ring substituents is 1. The zero-order valence-corrected chi connectivity index (χ0v) is 15.6. The van der Waals surface area contributed by atoms with Crippen LogP contribution in [0.4, 0.5) is 5.69 Å². The van der Waals surface area contributed by atoms with Crippen LogP contribution in [0.2, 0.25) is 0 Å². The maximum absolute atomic E-state index is 12.7. The molecule has 1 fully saturated rings. The Labute approximate surface area is 160 Å². The van der Waals surface area contributed by atoms with Crippen LogP contribution in [0.5, 0.6) is 0 Å². The molecular formula is C18H23N5O5. The fourth-order valence-corrected chi connectivity index (χ4v) is 3.40. The molecule has 1 saturated heterocycles. The summed E-state index contributed by atoms with van der Waals surface area (Å²) in [4.78, 5) is 41.0. The molecule has 1 aromatic heterocycles. The fourth-order valence-electron chi connectivity index (χ4n) is 3.40. The van der Waals surface area contributed by atoms with Crippen LogP contribution >= 0.6 is 0 Å². The molecule has 1 amide bonds. The molecular weight excluding hydrogens is 366 g/mol. The van der Waals surface area contributed by atoms with E-state index < -0.39 is 16.6 Å². The van der Waals surface area contributed by atoms with Gasteiger partial charge in [-0.2, -0.15) is 0 Å². The molecule has 1 aliphatic rings. The Kier molecular flexibility index (Phi) is 5.43. The second-order valence-electron chi connectivity index (χ2n) is 7.20. The Bertz CT molecular complexity index is 964. The van der Waals surface area contributed by atoms with Crippen molar-refractivity contribution in [2.75, 3.05) is 13.1 Å². The van der Waals surface area contributed by atoms with Crippen LogP contribution in [0.3, 0.4) is 0 Å². The molecule has 28 heavy (non-hydrogen) atoms. The normalized spacial score (nSPS) is 17.5. The number of nitro benzene ring substituents is 1. The van der Waals surface area contributed by atoms with E-state index in [1.807, 2.05) is 6.92 Å². The first kappa shape index (κ1) is 19.9. The summed E-state index contributed by atoms with van der Waals surface area (Å²) in [5.41, 5.74) is 4.36. The van der Waals surface area contributed by atoms with Crippen LogP contribution in [0.1, 0.15) is 26.2 Å². The van der Waals surface area contributed by atoms with E-state index >= 15 is 0 Å². The minimum absolute atomic E-state index is 0.0353. The molecule has 2 heterocycles. The maximum Gasteiger partial charge on any atom is 0.271 e. The van der Waals surface area contributed by atoms with Crippen molar-refractivity contribution in [3.8, 4) is 0 Å². The van der Waals surface area contributed by atoms with E-state index in [0.29, 0.717) is 32.4 Å². The lowest BCUT2D eigenvalue weighted by molar-refractivity contribution is -0.384. The number of aliphatic hydroxyl groups is 1. The highest BCUT2D eigenvalue weighted by molar-refractivity contribution is 5.81. The van der Waals surface area contributed by atoms with E-state index in [4.69, 9.17) is 5.73 Å². The lowest BCUT2D eigenvalue weighted by atomic mass is 9.90. The third kappa shape index (κ3) is 3.87. The third-order valence-electron chi connectivity index (χ3n) is 5.25. The average molecular weight is 389 g/mol. The Morgan fingerprint density at radius 1 is 1.43 bits per heavy atom. The van der Waals surface area contributed by atoms with E-state index in [1.165, 1.54) is 29.1 Å². The number of nitrogens with two attached hydrogens (primary N) is 1. The van der Waals surface area contributed by atoms with Crippen LogP contribution in [0.15, 0.2) is 29.3 Å². The molecule has 0 bridgehead atoms. The molecule has 0 aliphatic carbocycles. The molecule has 10 heteroatoms. The number of amides is 1. The summed E-state index contributed by atoms with van der Waals surface area (Å²) in [6, 6.07) is 3.33. The zero-order chi connectivity index (χ0) is 20.5. The van der Waals surface area contributed by atoms with Crippen molar-refractivity contribution in [1.29, 1.82) is 0 Å². The first-order chi connectivity index (χ1) is 13.2. The molecule has 0 saturated carbocycles. The Morgan fingerprint density at radius 2 is 2.11 bits per heavy atom. The molecule has 3 N–H and O–H groups in total. The van der Waals surface area contributed by atoms with Gasteiger partial charge in [0.1, 0.15) is 0 Å². The third-order valence-corrected chi connectivity index (χ3v) is 5.25. The van der Waals surface area contributed by atoms with Crippen LogP contribution in [0, 0.1) is 10.1 Å². The van der Waals surface area contributed by atoms with Gasteiger partial charge in [0, 0.05) is 25.2 Å². The van der Waals surface area contributed by atoms with E-state index in [9.17, 15) is 24.8 Å². The zero-order valence-electron chi connectivity index (χ0n) is 15.6. The number of likely N-dealkylation sites (tertiary alicyclic amines) is 1. The summed E-state index contributed by atoms with van der Waals surface area (Å²) < 4.78 is 1.31. The number of nitro groups is 1. The molecule has 0 radical (unpaired) electrons. The number of hydrogen-bond donors (Lipinski definition) is 2. The van der Waals surface area contributed by atoms with Crippen molar-refractivity contribution in [1.82, 2.24) is 14.5 Å². The van der Waals surface area contributed by atoms with E-state index in [1.54, 1.807) is 4.90 Å². The quantitative estimate of drug-likeness (QED) is 0.556. The first-order valence-electron chi connectivity index (χ1n) is 9.14. The SMILES string of the molecule is CC[C@H](N)C(=O)N1CCC(O)(Cn2cnc3cc([N+](=O)[O-])ccc3c2=O)CC1. The summed E-state index contributed by atoms with van der Waals surface area (Å²) in [6.45, 7) is 2.61. The Morgan fingerprint density at radius 3 is 2.71 bits per heavy atom. The summed E-state index contributed by atoms with van der Waals surface area (Å²) >= 11 is 0. The summed E-state index contributed by atoms with van der Waals surface area (Å²) in [6.07, 6.45) is 2.48. The van der Waals surface area contributed by atoms with Gasteiger partial charge in [0.2, 0.25) is 5.91 Å². The predicted octanol–water partition coefficient (Wildman–Crippen LogP) is 0.395. The van der Waals surface area contributed by atoms with Crippen molar-refractivity contribution in [3.63, 3.8) is 0 Å². The van der Waals surface area contributed by atoms with Gasteiger partial charge in [-0.15, -0.1) is 0 Å². The Balaban J connectivity index is 1.77. The molecule has 2 aromatic rings. The predicted molar refractivity (Wildman–Crippen MR) is 102 cm³/mol. The highest BCUT2D eigenvalue weighted by atomic mass is 16.6. The summed E-state index contributed by atoms with van der Waals surface area (Å²) in [5, 5.41) is 22.0. The van der Waals surface area contributed by atoms with E-state index in [-0.39, 0.29) is 34.6 Å². The Hall–Kier alpha value is -2.85. The minimum atomic E-state index is -1.15. The number of fused-ring (bicyclic) bond motifs is 1. The largest absolute Gasteiger partial charge is 0.388 e. The number of hydrogen-bond acceptors (Lipinski definition) is 7. The molecule has 1 aliphatic heterocycles. The molecule has 10 nitrogen and oxygen atoms in total. The topological polar surface area (TPSA) is 145 Å². The highest BCUT2D eigenvalue weighted by Gasteiger charge is 2.35. The number of rotatable bonds is 5. The van der Waals surface area contributed by atoms with Gasteiger partial charge in [-0.25, -0.2) is 4.98 Å². The molecule has 150 valence electrons. The molecule has 1 atom stereocenters. The fraction of sp³-hybridized carbons (Fsp3) is 0.500. The molecule has 0 unspecified atom stereocenters. The number of nitrogens with zero attached hydrogens (tertiary/aromatic N) is 4.